The van der Waals surface area contributed by atoms with Crippen molar-refractivity contribution in [1.82, 2.24) is 10.6 Å². The molecular formula is C13H17FN2O. The van der Waals surface area contributed by atoms with E-state index in [9.17, 15) is 9.18 Å². The van der Waals surface area contributed by atoms with Gasteiger partial charge in [0.05, 0.1) is 0 Å². The summed E-state index contributed by atoms with van der Waals surface area (Å²) in [5.74, 6) is -0.531. The lowest BCUT2D eigenvalue weighted by Gasteiger charge is -2.23. The summed E-state index contributed by atoms with van der Waals surface area (Å²) in [7, 11) is 0. The molecule has 1 saturated heterocycles. The van der Waals surface area contributed by atoms with Crippen molar-refractivity contribution in [1.29, 1.82) is 0 Å². The maximum Gasteiger partial charge on any atom is 0.251 e. The SMILES string of the molecule is Cc1ccc(C(=O)NC2CCCNC2)cc1F. The number of carbonyl (C=O) groups is 1. The number of halogens is 1. The average Bonchev–Trinajstić information content (AvgIpc) is 2.34. The molecule has 1 aromatic rings. The van der Waals surface area contributed by atoms with E-state index in [4.69, 9.17) is 0 Å². The van der Waals surface area contributed by atoms with Crippen molar-refractivity contribution in [3.8, 4) is 0 Å². The van der Waals surface area contributed by atoms with Crippen LogP contribution >= 0.6 is 0 Å². The summed E-state index contributed by atoms with van der Waals surface area (Å²) in [6.07, 6.45) is 2.04. The van der Waals surface area contributed by atoms with Crippen molar-refractivity contribution in [3.05, 3.63) is 35.1 Å². The summed E-state index contributed by atoms with van der Waals surface area (Å²) >= 11 is 0. The first-order valence-electron chi connectivity index (χ1n) is 5.94. The lowest BCUT2D eigenvalue weighted by molar-refractivity contribution is 0.0930. The molecule has 92 valence electrons. The second-order valence-electron chi connectivity index (χ2n) is 4.48. The number of aryl methyl sites for hydroxylation is 1. The second kappa shape index (κ2) is 5.27. The standard InChI is InChI=1S/C13H17FN2O/c1-9-4-5-10(7-12(9)14)13(17)16-11-3-2-6-15-8-11/h4-5,7,11,15H,2-3,6,8H2,1H3,(H,16,17). The zero-order valence-electron chi connectivity index (χ0n) is 9.92. The Bertz CT molecular complexity index is 414. The van der Waals surface area contributed by atoms with Gasteiger partial charge in [-0.3, -0.25) is 4.79 Å². The van der Waals surface area contributed by atoms with Crippen molar-refractivity contribution < 1.29 is 9.18 Å². The van der Waals surface area contributed by atoms with Crippen molar-refractivity contribution >= 4 is 5.91 Å². The molecule has 1 amide bonds. The minimum absolute atomic E-state index is 0.153. The number of nitrogens with one attached hydrogen (secondary N) is 2. The zero-order valence-corrected chi connectivity index (χ0v) is 9.92. The van der Waals surface area contributed by atoms with Crippen LogP contribution in [0, 0.1) is 12.7 Å². The Morgan fingerprint density at radius 1 is 1.53 bits per heavy atom. The lowest BCUT2D eigenvalue weighted by atomic mass is 10.1. The molecule has 0 spiro atoms. The molecule has 2 rings (SSSR count). The molecule has 1 heterocycles. The summed E-state index contributed by atoms with van der Waals surface area (Å²) in [4.78, 5) is 11.9. The van der Waals surface area contributed by atoms with Crippen LogP contribution in [-0.4, -0.2) is 25.0 Å². The van der Waals surface area contributed by atoms with Crippen LogP contribution in [0.25, 0.3) is 0 Å². The highest BCUT2D eigenvalue weighted by atomic mass is 19.1. The van der Waals surface area contributed by atoms with Gasteiger partial charge >= 0.3 is 0 Å². The first-order valence-corrected chi connectivity index (χ1v) is 5.94. The van der Waals surface area contributed by atoms with E-state index in [1.54, 1.807) is 19.1 Å². The fourth-order valence-corrected chi connectivity index (χ4v) is 1.98. The number of rotatable bonds is 2. The molecule has 4 heteroatoms. The third kappa shape index (κ3) is 3.03. The van der Waals surface area contributed by atoms with Gasteiger partial charge in [0.25, 0.3) is 5.91 Å². The van der Waals surface area contributed by atoms with E-state index >= 15 is 0 Å². The quantitative estimate of drug-likeness (QED) is 0.819. The normalized spacial score (nSPS) is 20.0. The van der Waals surface area contributed by atoms with Crippen molar-refractivity contribution in [2.45, 2.75) is 25.8 Å². The number of hydrogen-bond donors (Lipinski definition) is 2. The average molecular weight is 236 g/mol. The van der Waals surface area contributed by atoms with E-state index in [0.29, 0.717) is 11.1 Å². The molecular weight excluding hydrogens is 219 g/mol. The molecule has 1 aliphatic heterocycles. The Morgan fingerprint density at radius 3 is 3.00 bits per heavy atom. The number of carbonyl (C=O) groups excluding carboxylic acids is 1. The summed E-state index contributed by atoms with van der Waals surface area (Å²) in [6.45, 7) is 3.48. The third-order valence-corrected chi connectivity index (χ3v) is 3.07. The maximum atomic E-state index is 13.3. The van der Waals surface area contributed by atoms with E-state index in [1.807, 2.05) is 0 Å². The molecule has 3 nitrogen and oxygen atoms in total. The monoisotopic (exact) mass is 236 g/mol. The minimum Gasteiger partial charge on any atom is -0.348 e. The van der Waals surface area contributed by atoms with Crippen LogP contribution in [0.5, 0.6) is 0 Å². The third-order valence-electron chi connectivity index (χ3n) is 3.07. The van der Waals surface area contributed by atoms with Gasteiger partial charge in [0, 0.05) is 18.2 Å². The number of hydrogen-bond acceptors (Lipinski definition) is 2. The van der Waals surface area contributed by atoms with Crippen LogP contribution in [0.3, 0.4) is 0 Å². The van der Waals surface area contributed by atoms with E-state index < -0.39 is 0 Å². The maximum absolute atomic E-state index is 13.3. The number of benzene rings is 1. The van der Waals surface area contributed by atoms with E-state index in [2.05, 4.69) is 10.6 Å². The van der Waals surface area contributed by atoms with Gasteiger partial charge in [-0.2, -0.15) is 0 Å². The van der Waals surface area contributed by atoms with Crippen molar-refractivity contribution in [3.63, 3.8) is 0 Å². The molecule has 0 bridgehead atoms. The Balaban J connectivity index is 2.01. The summed E-state index contributed by atoms with van der Waals surface area (Å²) in [6, 6.07) is 4.73. The van der Waals surface area contributed by atoms with Crippen LogP contribution in [-0.2, 0) is 0 Å². The smallest absolute Gasteiger partial charge is 0.251 e. The largest absolute Gasteiger partial charge is 0.348 e. The van der Waals surface area contributed by atoms with E-state index in [-0.39, 0.29) is 17.8 Å². The molecule has 1 aliphatic rings. The fourth-order valence-electron chi connectivity index (χ4n) is 1.98. The Hall–Kier alpha value is -1.42. The van der Waals surface area contributed by atoms with E-state index in [1.165, 1.54) is 6.07 Å². The first-order chi connectivity index (χ1) is 8.16. The molecule has 2 N–H and O–H groups in total. The van der Waals surface area contributed by atoms with Crippen LogP contribution in [0.15, 0.2) is 18.2 Å². The molecule has 1 aromatic carbocycles. The predicted molar refractivity (Wildman–Crippen MR) is 64.5 cm³/mol. The highest BCUT2D eigenvalue weighted by Crippen LogP contribution is 2.10. The van der Waals surface area contributed by atoms with Gasteiger partial charge in [-0.05, 0) is 44.0 Å². The predicted octanol–water partition coefficient (Wildman–Crippen LogP) is 1.62. The second-order valence-corrected chi connectivity index (χ2v) is 4.48. The van der Waals surface area contributed by atoms with E-state index in [0.717, 1.165) is 25.9 Å². The highest BCUT2D eigenvalue weighted by Gasteiger charge is 2.16. The Kier molecular flexibility index (Phi) is 3.74. The highest BCUT2D eigenvalue weighted by molar-refractivity contribution is 5.94. The van der Waals surface area contributed by atoms with Gasteiger partial charge in [-0.15, -0.1) is 0 Å². The van der Waals surface area contributed by atoms with Gasteiger partial charge in [0.1, 0.15) is 5.82 Å². The zero-order chi connectivity index (χ0) is 12.3. The topological polar surface area (TPSA) is 41.1 Å². The fraction of sp³-hybridized carbons (Fsp3) is 0.462. The van der Waals surface area contributed by atoms with Crippen LogP contribution < -0.4 is 10.6 Å². The van der Waals surface area contributed by atoms with Gasteiger partial charge in [0.2, 0.25) is 0 Å². The summed E-state index contributed by atoms with van der Waals surface area (Å²) < 4.78 is 13.3. The van der Waals surface area contributed by atoms with Gasteiger partial charge in [-0.1, -0.05) is 6.07 Å². The van der Waals surface area contributed by atoms with Crippen molar-refractivity contribution in [2.24, 2.45) is 0 Å². The molecule has 0 aromatic heterocycles. The molecule has 1 fully saturated rings. The van der Waals surface area contributed by atoms with Crippen molar-refractivity contribution in [2.75, 3.05) is 13.1 Å². The molecule has 17 heavy (non-hydrogen) atoms. The Morgan fingerprint density at radius 2 is 2.35 bits per heavy atom. The molecule has 1 unspecified atom stereocenters. The number of piperidine rings is 1. The van der Waals surface area contributed by atoms with Gasteiger partial charge < -0.3 is 10.6 Å². The number of amides is 1. The lowest BCUT2D eigenvalue weighted by Crippen LogP contribution is -2.45. The van der Waals surface area contributed by atoms with Crippen LogP contribution in [0.4, 0.5) is 4.39 Å². The molecule has 1 atom stereocenters. The first kappa shape index (κ1) is 12.0. The Labute approximate surface area is 100 Å². The molecule has 0 saturated carbocycles. The van der Waals surface area contributed by atoms with Crippen LogP contribution in [0.2, 0.25) is 0 Å². The molecule has 0 radical (unpaired) electrons. The molecule has 0 aliphatic carbocycles. The van der Waals surface area contributed by atoms with Crippen LogP contribution in [0.1, 0.15) is 28.8 Å². The van der Waals surface area contributed by atoms with Gasteiger partial charge in [-0.25, -0.2) is 4.39 Å². The summed E-state index contributed by atoms with van der Waals surface area (Å²) in [5.41, 5.74) is 0.944. The minimum atomic E-state index is -0.334. The van der Waals surface area contributed by atoms with Gasteiger partial charge in [0.15, 0.2) is 0 Å². The summed E-state index contributed by atoms with van der Waals surface area (Å²) in [5, 5.41) is 6.14.